The maximum Gasteiger partial charge on any atom is 0.224 e. The number of benzene rings is 2. The summed E-state index contributed by atoms with van der Waals surface area (Å²) in [6.45, 7) is 15.2. The highest BCUT2D eigenvalue weighted by Gasteiger charge is 2.57. The first-order chi connectivity index (χ1) is 15.6. The summed E-state index contributed by atoms with van der Waals surface area (Å²) in [4.78, 5) is 29.6. The van der Waals surface area contributed by atoms with Crippen LogP contribution in [-0.2, 0) is 15.0 Å². The molecule has 2 aromatic rings. The van der Waals surface area contributed by atoms with Gasteiger partial charge in [-0.2, -0.15) is 0 Å². The largest absolute Gasteiger partial charge is 0.492 e. The Labute approximate surface area is 197 Å². The van der Waals surface area contributed by atoms with E-state index in [-0.39, 0.29) is 5.91 Å². The topological polar surface area (TPSA) is 75.9 Å². The van der Waals surface area contributed by atoms with E-state index in [9.17, 15) is 9.59 Å². The molecule has 2 aromatic carbocycles. The van der Waals surface area contributed by atoms with Crippen LogP contribution in [0.4, 0.5) is 5.69 Å². The summed E-state index contributed by atoms with van der Waals surface area (Å²) in [5.41, 5.74) is 7.20. The average Bonchev–Trinajstić information content (AvgIpc) is 2.76. The standard InChI is InChI=1S/C27H37N3O3/c1-7-29(8-2)17-18-33-21-15-13-20(14-16-21)27(6)22-11-9-10-12-23(22)30(19(3)31)26(4,5)24(27)25(28)32/h9-16,24H,7-8,17-18H2,1-6H3,(H2,28,32). The summed E-state index contributed by atoms with van der Waals surface area (Å²) in [7, 11) is 0. The number of hydrogen-bond donors (Lipinski definition) is 1. The Kier molecular flexibility index (Phi) is 7.17. The van der Waals surface area contributed by atoms with E-state index < -0.39 is 22.8 Å². The lowest BCUT2D eigenvalue weighted by atomic mass is 9.57. The molecule has 1 heterocycles. The van der Waals surface area contributed by atoms with Crippen LogP contribution in [0.5, 0.6) is 5.75 Å². The zero-order valence-electron chi connectivity index (χ0n) is 20.7. The van der Waals surface area contributed by atoms with Crippen molar-refractivity contribution in [2.24, 2.45) is 11.7 Å². The highest BCUT2D eigenvalue weighted by Crippen LogP contribution is 2.54. The van der Waals surface area contributed by atoms with Gasteiger partial charge >= 0.3 is 0 Å². The van der Waals surface area contributed by atoms with Gasteiger partial charge in [-0.1, -0.05) is 51.1 Å². The number of likely N-dealkylation sites (N-methyl/N-ethyl adjacent to an activating group) is 1. The van der Waals surface area contributed by atoms with Gasteiger partial charge in [0.05, 0.1) is 11.5 Å². The minimum atomic E-state index is -0.806. The third-order valence-electron chi connectivity index (χ3n) is 7.19. The van der Waals surface area contributed by atoms with Crippen molar-refractivity contribution in [1.29, 1.82) is 0 Å². The van der Waals surface area contributed by atoms with Crippen LogP contribution in [-0.4, -0.2) is 48.5 Å². The number of nitrogens with two attached hydrogens (primary N) is 1. The summed E-state index contributed by atoms with van der Waals surface area (Å²) < 4.78 is 5.96. The van der Waals surface area contributed by atoms with Gasteiger partial charge in [0.25, 0.3) is 0 Å². The van der Waals surface area contributed by atoms with Crippen molar-refractivity contribution >= 4 is 17.5 Å². The monoisotopic (exact) mass is 451 g/mol. The third kappa shape index (κ3) is 4.36. The van der Waals surface area contributed by atoms with Crippen molar-refractivity contribution in [3.63, 3.8) is 0 Å². The second-order valence-corrected chi connectivity index (χ2v) is 9.46. The molecule has 0 aromatic heterocycles. The molecule has 0 saturated carbocycles. The summed E-state index contributed by atoms with van der Waals surface area (Å²) in [5, 5.41) is 0. The number of nitrogens with zero attached hydrogens (tertiary/aromatic N) is 2. The molecular formula is C27H37N3O3. The minimum Gasteiger partial charge on any atom is -0.492 e. The Morgan fingerprint density at radius 3 is 2.18 bits per heavy atom. The van der Waals surface area contributed by atoms with E-state index in [0.29, 0.717) is 6.61 Å². The summed E-state index contributed by atoms with van der Waals surface area (Å²) in [5.74, 6) is -0.377. The number of anilines is 1. The zero-order chi connectivity index (χ0) is 24.4. The van der Waals surface area contributed by atoms with Gasteiger partial charge in [0, 0.05) is 24.6 Å². The number of fused-ring (bicyclic) bond motifs is 1. The number of carbonyl (C=O) groups is 2. The summed E-state index contributed by atoms with van der Waals surface area (Å²) in [6, 6.07) is 15.7. The minimum absolute atomic E-state index is 0.113. The number of hydrogen-bond acceptors (Lipinski definition) is 4. The first-order valence-corrected chi connectivity index (χ1v) is 11.7. The first kappa shape index (κ1) is 24.8. The van der Waals surface area contributed by atoms with E-state index in [1.54, 1.807) is 4.90 Å². The lowest BCUT2D eigenvalue weighted by molar-refractivity contribution is -0.127. The second-order valence-electron chi connectivity index (χ2n) is 9.46. The highest BCUT2D eigenvalue weighted by atomic mass is 16.5. The Balaban J connectivity index is 2.03. The van der Waals surface area contributed by atoms with Crippen molar-refractivity contribution in [2.45, 2.75) is 52.5 Å². The molecule has 2 unspecified atom stereocenters. The molecule has 3 rings (SSSR count). The van der Waals surface area contributed by atoms with Crippen LogP contribution in [0.1, 0.15) is 52.7 Å². The second kappa shape index (κ2) is 9.56. The van der Waals surface area contributed by atoms with Gasteiger partial charge in [-0.3, -0.25) is 9.59 Å². The lowest BCUT2D eigenvalue weighted by Crippen LogP contribution is -2.65. The molecule has 0 radical (unpaired) electrons. The molecule has 2 atom stereocenters. The third-order valence-corrected chi connectivity index (χ3v) is 7.19. The number of carbonyl (C=O) groups excluding carboxylic acids is 2. The predicted molar refractivity (Wildman–Crippen MR) is 133 cm³/mol. The average molecular weight is 452 g/mol. The normalized spacial score (nSPS) is 21.5. The molecule has 0 spiro atoms. The molecule has 33 heavy (non-hydrogen) atoms. The highest BCUT2D eigenvalue weighted by molar-refractivity contribution is 5.98. The number of rotatable bonds is 8. The van der Waals surface area contributed by atoms with Gasteiger partial charge in [-0.05, 0) is 56.3 Å². The Morgan fingerprint density at radius 1 is 1.03 bits per heavy atom. The van der Waals surface area contributed by atoms with E-state index >= 15 is 0 Å². The maximum atomic E-state index is 12.9. The van der Waals surface area contributed by atoms with Crippen LogP contribution < -0.4 is 15.4 Å². The van der Waals surface area contributed by atoms with Gasteiger partial charge in [-0.25, -0.2) is 0 Å². The molecule has 0 aliphatic carbocycles. The van der Waals surface area contributed by atoms with Crippen molar-refractivity contribution in [2.75, 3.05) is 31.1 Å². The molecule has 0 bridgehead atoms. The van der Waals surface area contributed by atoms with E-state index in [1.807, 2.05) is 62.4 Å². The Bertz CT molecular complexity index is 998. The summed E-state index contributed by atoms with van der Waals surface area (Å²) >= 11 is 0. The lowest BCUT2D eigenvalue weighted by Gasteiger charge is -2.55. The maximum absolute atomic E-state index is 12.9. The van der Waals surface area contributed by atoms with Gasteiger partial charge < -0.3 is 20.3 Å². The molecule has 1 aliphatic heterocycles. The quantitative estimate of drug-likeness (QED) is 0.659. The molecule has 6 nitrogen and oxygen atoms in total. The van der Waals surface area contributed by atoms with E-state index in [1.165, 1.54) is 6.92 Å². The summed E-state index contributed by atoms with van der Waals surface area (Å²) in [6.07, 6.45) is 0. The fraction of sp³-hybridized carbons (Fsp3) is 0.481. The van der Waals surface area contributed by atoms with Crippen LogP contribution in [0.15, 0.2) is 48.5 Å². The molecule has 178 valence electrons. The first-order valence-electron chi connectivity index (χ1n) is 11.7. The van der Waals surface area contributed by atoms with Gasteiger partial charge in [0.1, 0.15) is 12.4 Å². The smallest absolute Gasteiger partial charge is 0.224 e. The molecule has 1 aliphatic rings. The van der Waals surface area contributed by atoms with E-state index in [4.69, 9.17) is 10.5 Å². The van der Waals surface area contributed by atoms with Crippen molar-refractivity contribution in [3.05, 3.63) is 59.7 Å². The number of primary amides is 1. The van der Waals surface area contributed by atoms with Crippen molar-refractivity contribution in [1.82, 2.24) is 4.90 Å². The van der Waals surface area contributed by atoms with Crippen molar-refractivity contribution < 1.29 is 14.3 Å². The van der Waals surface area contributed by atoms with Crippen LogP contribution in [0.3, 0.4) is 0 Å². The zero-order valence-corrected chi connectivity index (χ0v) is 20.7. The molecule has 0 saturated heterocycles. The fourth-order valence-corrected chi connectivity index (χ4v) is 5.67. The van der Waals surface area contributed by atoms with Crippen molar-refractivity contribution in [3.8, 4) is 5.75 Å². The Hall–Kier alpha value is -2.86. The number of para-hydroxylation sites is 1. The number of ether oxygens (including phenoxy) is 1. The van der Waals surface area contributed by atoms with Crippen LogP contribution in [0.2, 0.25) is 0 Å². The van der Waals surface area contributed by atoms with Crippen LogP contribution in [0, 0.1) is 5.92 Å². The van der Waals surface area contributed by atoms with Crippen LogP contribution in [0.25, 0.3) is 0 Å². The van der Waals surface area contributed by atoms with Crippen LogP contribution >= 0.6 is 0 Å². The van der Waals surface area contributed by atoms with Gasteiger partial charge in [0.2, 0.25) is 11.8 Å². The molecule has 0 fully saturated rings. The van der Waals surface area contributed by atoms with E-state index in [0.717, 1.165) is 42.2 Å². The van der Waals surface area contributed by atoms with Gasteiger partial charge in [-0.15, -0.1) is 0 Å². The number of amides is 2. The molecule has 2 N–H and O–H groups in total. The molecule has 2 amide bonds. The van der Waals surface area contributed by atoms with Gasteiger partial charge in [0.15, 0.2) is 0 Å². The molecular weight excluding hydrogens is 414 g/mol. The molecule has 6 heteroatoms. The predicted octanol–water partition coefficient (Wildman–Crippen LogP) is 3.96. The Morgan fingerprint density at radius 2 is 1.64 bits per heavy atom. The SMILES string of the molecule is CCN(CC)CCOc1ccc(C2(C)c3ccccc3N(C(C)=O)C(C)(C)C2C(N)=O)cc1. The fourth-order valence-electron chi connectivity index (χ4n) is 5.67. The van der Waals surface area contributed by atoms with E-state index in [2.05, 4.69) is 25.7 Å².